The average molecular weight is 1290 g/mol. The minimum absolute atomic E-state index is 0.000766. The minimum atomic E-state index is -3.94. The van der Waals surface area contributed by atoms with E-state index in [0.29, 0.717) is 20.1 Å². The molecule has 0 bridgehead atoms. The summed E-state index contributed by atoms with van der Waals surface area (Å²) in [5.74, 6) is -2.64. The Morgan fingerprint density at radius 3 is 1.17 bits per heavy atom. The SMILES string of the molecule is CCOC(=O)N1CCC(C#N)(NC(=O)[C@@H]2C[C@@H](S(=O)(=O)c3ccc(Cl)cc3Cl)C[C@H]2OCc2ccc(Cl)cc2)CC1.CCOC(=O)N1CCC(C#N)(NC(=O)[C@H]2C[C@H](S(=O)(=O)c3ccc(Cl)cc3Cl)C[C@@H]2OCc2ccc(Cl)cc2)CC1. The molecular weight excluding hydrogens is 1230 g/mol. The molecule has 440 valence electrons. The van der Waals surface area contributed by atoms with Gasteiger partial charge < -0.3 is 39.4 Å². The fourth-order valence-corrected chi connectivity index (χ4v) is 15.8. The van der Waals surface area contributed by atoms with Crippen molar-refractivity contribution in [2.75, 3.05) is 39.4 Å². The topological polar surface area (TPSA) is 252 Å². The first kappa shape index (κ1) is 64.5. The van der Waals surface area contributed by atoms with E-state index < -0.39 is 89.3 Å². The molecule has 2 saturated carbocycles. The second-order valence-electron chi connectivity index (χ2n) is 20.3. The van der Waals surface area contributed by atoms with Gasteiger partial charge in [-0.25, -0.2) is 26.4 Å². The van der Waals surface area contributed by atoms with Gasteiger partial charge in [0.05, 0.1) is 92.9 Å². The number of rotatable bonds is 16. The van der Waals surface area contributed by atoms with Crippen LogP contribution in [-0.2, 0) is 61.4 Å². The second kappa shape index (κ2) is 28.2. The van der Waals surface area contributed by atoms with Crippen LogP contribution in [0.5, 0.6) is 0 Å². The van der Waals surface area contributed by atoms with Gasteiger partial charge in [-0.3, -0.25) is 9.59 Å². The maximum absolute atomic E-state index is 13.7. The van der Waals surface area contributed by atoms with Gasteiger partial charge in [0.15, 0.2) is 19.7 Å². The number of hydrogen-bond acceptors (Lipinski definition) is 14. The van der Waals surface area contributed by atoms with Gasteiger partial charge in [-0.2, -0.15) is 10.5 Å². The van der Waals surface area contributed by atoms with Crippen LogP contribution in [0.1, 0.15) is 76.3 Å². The number of piperidine rings is 2. The molecule has 4 aliphatic rings. The zero-order valence-electron chi connectivity index (χ0n) is 44.6. The number of nitrogens with zero attached hydrogens (tertiary/aromatic N) is 4. The molecule has 4 amide bonds. The molecule has 82 heavy (non-hydrogen) atoms. The van der Waals surface area contributed by atoms with Gasteiger partial charge in [-0.1, -0.05) is 93.9 Å². The molecule has 0 spiro atoms. The van der Waals surface area contributed by atoms with Gasteiger partial charge in [-0.05, 0) is 111 Å². The number of likely N-dealkylation sites (tertiary alicyclic amines) is 2. The minimum Gasteiger partial charge on any atom is -0.450 e. The van der Waals surface area contributed by atoms with Crippen LogP contribution in [0.2, 0.25) is 30.1 Å². The number of carbonyl (C=O) groups excluding carboxylic acids is 4. The lowest BCUT2D eigenvalue weighted by Gasteiger charge is -2.38. The lowest BCUT2D eigenvalue weighted by molar-refractivity contribution is -0.132. The number of sulfone groups is 2. The summed E-state index contributed by atoms with van der Waals surface area (Å²) in [6.07, 6.45) is -1.51. The molecule has 26 heteroatoms. The third-order valence-electron chi connectivity index (χ3n) is 15.1. The molecule has 2 saturated heterocycles. The third-order valence-corrected chi connectivity index (χ3v) is 21.4. The highest BCUT2D eigenvalue weighted by Gasteiger charge is 2.50. The van der Waals surface area contributed by atoms with E-state index in [1.807, 2.05) is 0 Å². The van der Waals surface area contributed by atoms with E-state index in [1.165, 1.54) is 46.2 Å². The molecular formula is C56H60Cl6N6O12S2. The normalized spacial score (nSPS) is 22.1. The van der Waals surface area contributed by atoms with Gasteiger partial charge in [-0.15, -0.1) is 0 Å². The van der Waals surface area contributed by atoms with Crippen molar-refractivity contribution in [3.63, 3.8) is 0 Å². The summed E-state index contributed by atoms with van der Waals surface area (Å²) in [6.45, 7) is 5.11. The summed E-state index contributed by atoms with van der Waals surface area (Å²) in [5, 5.41) is 25.6. The average Bonchev–Trinajstić information content (AvgIpc) is 3.75. The largest absolute Gasteiger partial charge is 0.450 e. The second-order valence-corrected chi connectivity index (χ2v) is 27.3. The molecule has 6 atom stereocenters. The molecule has 0 unspecified atom stereocenters. The zero-order valence-corrected chi connectivity index (χ0v) is 50.8. The third kappa shape index (κ3) is 15.8. The summed E-state index contributed by atoms with van der Waals surface area (Å²) in [6, 6.07) is 26.8. The number of nitrogens with one attached hydrogen (secondary N) is 2. The van der Waals surface area contributed by atoms with Crippen molar-refractivity contribution in [3.8, 4) is 12.1 Å². The number of halogens is 6. The Morgan fingerprint density at radius 2 is 0.866 bits per heavy atom. The van der Waals surface area contributed by atoms with Crippen molar-refractivity contribution in [2.45, 2.75) is 122 Å². The summed E-state index contributed by atoms with van der Waals surface area (Å²) >= 11 is 36.4. The van der Waals surface area contributed by atoms with E-state index in [-0.39, 0.29) is 124 Å². The maximum atomic E-state index is 13.7. The number of hydrogen-bond donors (Lipinski definition) is 2. The molecule has 2 N–H and O–H groups in total. The van der Waals surface area contributed by atoms with E-state index in [0.717, 1.165) is 11.1 Å². The Hall–Kier alpha value is -5.10. The Kier molecular flexibility index (Phi) is 22.2. The maximum Gasteiger partial charge on any atom is 0.409 e. The van der Waals surface area contributed by atoms with Crippen LogP contribution in [0.3, 0.4) is 0 Å². The standard InChI is InChI=1S/2C28H30Cl3N3O6S/c2*1-2-39-27(36)34-11-9-28(17-32,10-12-34)33-26(35)22-14-21(41(37,38)25-8-7-20(30)13-23(25)31)15-24(22)40-16-18-3-5-19(29)6-4-18/h2*3-8,13,21-22,24H,2,9-12,14-16H2,1H3,(H,33,35)/t2*21-,22-,24-/m10/s1. The van der Waals surface area contributed by atoms with Crippen LogP contribution in [0.4, 0.5) is 9.59 Å². The molecule has 2 aliphatic carbocycles. The first-order valence-corrected chi connectivity index (χ1v) is 31.7. The molecule has 0 radical (unpaired) electrons. The summed E-state index contributed by atoms with van der Waals surface area (Å²) in [4.78, 5) is 54.4. The van der Waals surface area contributed by atoms with Crippen LogP contribution in [0, 0.1) is 34.5 Å². The van der Waals surface area contributed by atoms with Gasteiger partial charge in [0.2, 0.25) is 11.8 Å². The molecule has 18 nitrogen and oxygen atoms in total. The molecule has 8 rings (SSSR count). The van der Waals surface area contributed by atoms with Crippen molar-refractivity contribution in [1.82, 2.24) is 20.4 Å². The summed E-state index contributed by atoms with van der Waals surface area (Å²) in [7, 11) is -7.88. The van der Waals surface area contributed by atoms with E-state index in [9.17, 15) is 46.5 Å². The Labute approximate surface area is 507 Å². The molecule has 4 aromatic carbocycles. The molecule has 4 aromatic rings. The number of carbonyl (C=O) groups is 4. The number of nitriles is 2. The van der Waals surface area contributed by atoms with Crippen LogP contribution in [0.15, 0.2) is 94.7 Å². The Bertz CT molecular complexity index is 3060. The van der Waals surface area contributed by atoms with E-state index in [2.05, 4.69) is 22.8 Å². The zero-order chi connectivity index (χ0) is 59.6. The van der Waals surface area contributed by atoms with Gasteiger partial charge in [0.1, 0.15) is 11.1 Å². The molecule has 2 heterocycles. The summed E-state index contributed by atoms with van der Waals surface area (Å²) in [5.41, 5.74) is -0.810. The molecule has 4 fully saturated rings. The fourth-order valence-electron chi connectivity index (χ4n) is 10.4. The predicted octanol–water partition coefficient (Wildman–Crippen LogP) is 10.8. The Balaban J connectivity index is 0.000000236. The molecule has 0 aromatic heterocycles. The number of amides is 4. The van der Waals surface area contributed by atoms with Crippen LogP contribution in [-0.4, -0.2) is 124 Å². The lowest BCUT2D eigenvalue weighted by atomic mass is 9.88. The van der Waals surface area contributed by atoms with E-state index in [4.69, 9.17) is 88.6 Å². The van der Waals surface area contributed by atoms with E-state index in [1.54, 1.807) is 62.4 Å². The monoisotopic (exact) mass is 1280 g/mol. The fraction of sp³-hybridized carbons (Fsp3) is 0.464. The predicted molar refractivity (Wildman–Crippen MR) is 309 cm³/mol. The van der Waals surface area contributed by atoms with Crippen LogP contribution in [0.25, 0.3) is 0 Å². The number of benzene rings is 4. The van der Waals surface area contributed by atoms with Crippen LogP contribution >= 0.6 is 69.6 Å². The first-order valence-electron chi connectivity index (χ1n) is 26.4. The van der Waals surface area contributed by atoms with Crippen molar-refractivity contribution in [3.05, 3.63) is 126 Å². The quantitative estimate of drug-likeness (QED) is 0.106. The Morgan fingerprint density at radius 1 is 0.537 bits per heavy atom. The lowest BCUT2D eigenvalue weighted by Crippen LogP contribution is -2.57. The highest BCUT2D eigenvalue weighted by atomic mass is 35.5. The van der Waals surface area contributed by atoms with Gasteiger partial charge in [0.25, 0.3) is 0 Å². The van der Waals surface area contributed by atoms with Crippen molar-refractivity contribution in [1.29, 1.82) is 10.5 Å². The van der Waals surface area contributed by atoms with Crippen LogP contribution < -0.4 is 10.6 Å². The van der Waals surface area contributed by atoms with Gasteiger partial charge >= 0.3 is 12.2 Å². The molecule has 2 aliphatic heterocycles. The first-order chi connectivity index (χ1) is 38.9. The number of ether oxygens (including phenoxy) is 4. The highest BCUT2D eigenvalue weighted by molar-refractivity contribution is 7.92. The van der Waals surface area contributed by atoms with Crippen molar-refractivity contribution < 1.29 is 55.0 Å². The highest BCUT2D eigenvalue weighted by Crippen LogP contribution is 2.42. The van der Waals surface area contributed by atoms with E-state index >= 15 is 0 Å². The smallest absolute Gasteiger partial charge is 0.409 e. The summed E-state index contributed by atoms with van der Waals surface area (Å²) < 4.78 is 76.8. The van der Waals surface area contributed by atoms with Gasteiger partial charge in [0, 0.05) is 72.0 Å². The van der Waals surface area contributed by atoms with Crippen molar-refractivity contribution in [2.24, 2.45) is 11.8 Å². The van der Waals surface area contributed by atoms with Crippen molar-refractivity contribution >= 4 is 113 Å².